The summed E-state index contributed by atoms with van der Waals surface area (Å²) in [7, 11) is 0. The first-order chi connectivity index (χ1) is 7.45. The molecule has 1 N–H and O–H groups in total. The van der Waals surface area contributed by atoms with Crippen LogP contribution in [0.2, 0.25) is 0 Å². The number of esters is 1. The largest absolute Gasteiger partial charge is 0.481 e. The molecule has 0 aromatic carbocycles. The van der Waals surface area contributed by atoms with Crippen molar-refractivity contribution in [3.8, 4) is 0 Å². The Morgan fingerprint density at radius 2 is 2.06 bits per heavy atom. The van der Waals surface area contributed by atoms with Gasteiger partial charge in [-0.05, 0) is 18.4 Å². The minimum Gasteiger partial charge on any atom is -0.481 e. The van der Waals surface area contributed by atoms with E-state index < -0.39 is 23.9 Å². The molecule has 0 aliphatic carbocycles. The van der Waals surface area contributed by atoms with Crippen molar-refractivity contribution in [2.75, 3.05) is 6.61 Å². The summed E-state index contributed by atoms with van der Waals surface area (Å²) in [5, 5.41) is 12.2. The highest BCUT2D eigenvalue weighted by molar-refractivity contribution is 5.84. The van der Waals surface area contributed by atoms with E-state index in [-0.39, 0.29) is 12.5 Å². The van der Waals surface area contributed by atoms with Gasteiger partial charge in [0.05, 0.1) is 12.5 Å². The standard InChI is InChI=1S/C9H15N3O4/c1-4-16-9(15)7(11-12-10)6(5(2)3)8(13)14/h5-7H,4H2,1-3H3,(H,13,14)/t6-,7+/m0/s1. The third-order valence-corrected chi connectivity index (χ3v) is 2.05. The molecule has 0 aliphatic rings. The number of hydrogen-bond donors (Lipinski definition) is 1. The predicted octanol–water partition coefficient (Wildman–Crippen LogP) is 1.59. The molecule has 7 heteroatoms. The van der Waals surface area contributed by atoms with E-state index in [2.05, 4.69) is 14.8 Å². The number of carboxylic acids is 1. The van der Waals surface area contributed by atoms with Crippen molar-refractivity contribution in [1.82, 2.24) is 0 Å². The highest BCUT2D eigenvalue weighted by Gasteiger charge is 2.36. The molecule has 2 atom stereocenters. The van der Waals surface area contributed by atoms with Crippen LogP contribution in [0.3, 0.4) is 0 Å². The number of carboxylic acid groups (broad SMARTS) is 1. The second-order valence-corrected chi connectivity index (χ2v) is 3.51. The Bertz CT molecular complexity index is 310. The molecule has 0 aliphatic heterocycles. The van der Waals surface area contributed by atoms with Gasteiger partial charge in [0.1, 0.15) is 6.04 Å². The molecule has 0 aromatic heterocycles. The molecule has 0 fully saturated rings. The van der Waals surface area contributed by atoms with E-state index in [1.165, 1.54) is 0 Å². The molecule has 0 rings (SSSR count). The fraction of sp³-hybridized carbons (Fsp3) is 0.778. The Morgan fingerprint density at radius 3 is 2.38 bits per heavy atom. The van der Waals surface area contributed by atoms with Crippen LogP contribution >= 0.6 is 0 Å². The normalized spacial score (nSPS) is 13.8. The molecule has 0 amide bonds. The summed E-state index contributed by atoms with van der Waals surface area (Å²) in [5.74, 6) is -3.39. The maximum Gasteiger partial charge on any atom is 0.315 e. The average molecular weight is 229 g/mol. The number of hydrogen-bond acceptors (Lipinski definition) is 4. The second kappa shape index (κ2) is 6.68. The van der Waals surface area contributed by atoms with Crippen molar-refractivity contribution >= 4 is 11.9 Å². The van der Waals surface area contributed by atoms with E-state index in [9.17, 15) is 9.59 Å². The molecule has 0 saturated carbocycles. The fourth-order valence-electron chi connectivity index (χ4n) is 1.33. The van der Waals surface area contributed by atoms with Gasteiger partial charge in [0.2, 0.25) is 0 Å². The van der Waals surface area contributed by atoms with Crippen LogP contribution in [-0.4, -0.2) is 29.7 Å². The van der Waals surface area contributed by atoms with Gasteiger partial charge in [-0.3, -0.25) is 9.59 Å². The van der Waals surface area contributed by atoms with Crippen LogP contribution < -0.4 is 0 Å². The highest BCUT2D eigenvalue weighted by atomic mass is 16.5. The van der Waals surface area contributed by atoms with Gasteiger partial charge in [0.15, 0.2) is 0 Å². The van der Waals surface area contributed by atoms with Crippen molar-refractivity contribution < 1.29 is 19.4 Å². The van der Waals surface area contributed by atoms with Crippen LogP contribution in [0, 0.1) is 11.8 Å². The molecule has 0 saturated heterocycles. The van der Waals surface area contributed by atoms with Crippen molar-refractivity contribution in [1.29, 1.82) is 0 Å². The van der Waals surface area contributed by atoms with Crippen LogP contribution in [-0.2, 0) is 14.3 Å². The van der Waals surface area contributed by atoms with Crippen LogP contribution in [0.4, 0.5) is 0 Å². The first-order valence-electron chi connectivity index (χ1n) is 4.89. The second-order valence-electron chi connectivity index (χ2n) is 3.51. The van der Waals surface area contributed by atoms with Crippen LogP contribution in [0.1, 0.15) is 20.8 Å². The number of nitrogens with zero attached hydrogens (tertiary/aromatic N) is 3. The minimum absolute atomic E-state index is 0.112. The van der Waals surface area contributed by atoms with E-state index in [1.807, 2.05) is 0 Å². The molecular formula is C9H15N3O4. The van der Waals surface area contributed by atoms with Gasteiger partial charge in [0, 0.05) is 4.91 Å². The van der Waals surface area contributed by atoms with Crippen LogP contribution in [0.5, 0.6) is 0 Å². The van der Waals surface area contributed by atoms with E-state index >= 15 is 0 Å². The van der Waals surface area contributed by atoms with E-state index in [0.29, 0.717) is 0 Å². The van der Waals surface area contributed by atoms with Gasteiger partial charge in [-0.15, -0.1) is 0 Å². The number of aliphatic carboxylic acids is 1. The maximum absolute atomic E-state index is 11.4. The third kappa shape index (κ3) is 3.78. The first-order valence-corrected chi connectivity index (χ1v) is 4.89. The van der Waals surface area contributed by atoms with Gasteiger partial charge in [-0.1, -0.05) is 19.0 Å². The summed E-state index contributed by atoms with van der Waals surface area (Å²) in [5.41, 5.74) is 8.32. The quantitative estimate of drug-likeness (QED) is 0.322. The van der Waals surface area contributed by atoms with E-state index in [0.717, 1.165) is 0 Å². The van der Waals surface area contributed by atoms with Crippen LogP contribution in [0.15, 0.2) is 5.11 Å². The number of carbonyl (C=O) groups excluding carboxylic acids is 1. The highest BCUT2D eigenvalue weighted by Crippen LogP contribution is 2.20. The first kappa shape index (κ1) is 14.2. The molecule has 0 radical (unpaired) electrons. The number of rotatable bonds is 6. The van der Waals surface area contributed by atoms with Crippen molar-refractivity contribution in [2.45, 2.75) is 26.8 Å². The topological polar surface area (TPSA) is 112 Å². The summed E-state index contributed by atoms with van der Waals surface area (Å²) >= 11 is 0. The lowest BCUT2D eigenvalue weighted by Gasteiger charge is -2.21. The molecule has 90 valence electrons. The average Bonchev–Trinajstić information content (AvgIpc) is 2.16. The zero-order valence-electron chi connectivity index (χ0n) is 9.45. The molecule has 0 spiro atoms. The Balaban J connectivity index is 5.06. The molecule has 0 unspecified atom stereocenters. The predicted molar refractivity (Wildman–Crippen MR) is 55.5 cm³/mol. The fourth-order valence-corrected chi connectivity index (χ4v) is 1.33. The van der Waals surface area contributed by atoms with Gasteiger partial charge in [-0.2, -0.15) is 0 Å². The maximum atomic E-state index is 11.4. The molecule has 7 nitrogen and oxygen atoms in total. The van der Waals surface area contributed by atoms with Crippen LogP contribution in [0.25, 0.3) is 10.4 Å². The molecule has 0 aromatic rings. The van der Waals surface area contributed by atoms with Gasteiger partial charge in [-0.25, -0.2) is 0 Å². The summed E-state index contributed by atoms with van der Waals surface area (Å²) in [6, 6.07) is -1.32. The Labute approximate surface area is 93.0 Å². The smallest absolute Gasteiger partial charge is 0.315 e. The minimum atomic E-state index is -1.32. The molecule has 0 heterocycles. The zero-order valence-corrected chi connectivity index (χ0v) is 9.45. The lowest BCUT2D eigenvalue weighted by Crippen LogP contribution is -2.37. The Kier molecular flexibility index (Phi) is 5.95. The number of carbonyl (C=O) groups is 2. The van der Waals surface area contributed by atoms with Gasteiger partial charge < -0.3 is 9.84 Å². The molecule has 16 heavy (non-hydrogen) atoms. The number of azide groups is 1. The lowest BCUT2D eigenvalue weighted by atomic mass is 9.89. The summed E-state index contributed by atoms with van der Waals surface area (Å²) in [4.78, 5) is 24.9. The van der Waals surface area contributed by atoms with Gasteiger partial charge >= 0.3 is 11.9 Å². The SMILES string of the molecule is CCOC(=O)[C@H](N=[N+]=[N-])[C@@H](C(=O)O)C(C)C. The number of ether oxygens (including phenoxy) is 1. The van der Waals surface area contributed by atoms with Crippen molar-refractivity contribution in [3.05, 3.63) is 10.4 Å². The monoisotopic (exact) mass is 229 g/mol. The Morgan fingerprint density at radius 1 is 1.50 bits per heavy atom. The van der Waals surface area contributed by atoms with Crippen molar-refractivity contribution in [2.24, 2.45) is 17.0 Å². The van der Waals surface area contributed by atoms with Gasteiger partial charge in [0.25, 0.3) is 0 Å². The summed E-state index contributed by atoms with van der Waals surface area (Å²) in [6.07, 6.45) is 0. The lowest BCUT2D eigenvalue weighted by molar-refractivity contribution is -0.154. The Hall–Kier alpha value is -1.75. The summed E-state index contributed by atoms with van der Waals surface area (Å²) in [6.45, 7) is 4.98. The zero-order chi connectivity index (χ0) is 12.7. The molecular weight excluding hydrogens is 214 g/mol. The summed E-state index contributed by atoms with van der Waals surface area (Å²) < 4.78 is 4.67. The third-order valence-electron chi connectivity index (χ3n) is 2.05. The van der Waals surface area contributed by atoms with Crippen molar-refractivity contribution in [3.63, 3.8) is 0 Å². The van der Waals surface area contributed by atoms with E-state index in [4.69, 9.17) is 10.6 Å². The van der Waals surface area contributed by atoms with E-state index in [1.54, 1.807) is 20.8 Å². The molecule has 0 bridgehead atoms.